The number of aromatic nitrogens is 2. The predicted octanol–water partition coefficient (Wildman–Crippen LogP) is 1.90. The standard InChI is InChI=1S/C20H24N4O4S2/c1-23-18-3-2-16(30(26,27)24-7-9-28-10-8-24)12-17(18)22-19(23)4-5-20(25)21-13-15-6-11-29-14-15/h2-3,6,11-12,14H,4-5,7-10,13H2,1H3,(H,21,25). The van der Waals surface area contributed by atoms with Crippen molar-refractivity contribution in [3.05, 3.63) is 46.4 Å². The number of aryl methyl sites for hydroxylation is 2. The van der Waals surface area contributed by atoms with Crippen molar-refractivity contribution < 1.29 is 17.9 Å². The molecule has 4 rings (SSSR count). The molecule has 2 aromatic heterocycles. The molecule has 1 aliphatic heterocycles. The maximum atomic E-state index is 12.9. The van der Waals surface area contributed by atoms with Gasteiger partial charge in [-0.1, -0.05) is 0 Å². The number of sulfonamides is 1. The molecule has 30 heavy (non-hydrogen) atoms. The molecule has 0 aliphatic carbocycles. The first-order valence-corrected chi connectivity index (χ1v) is 12.1. The van der Waals surface area contributed by atoms with Gasteiger partial charge in [-0.2, -0.15) is 15.6 Å². The number of rotatable bonds is 7. The second kappa shape index (κ2) is 8.84. The highest BCUT2D eigenvalue weighted by Crippen LogP contribution is 2.23. The van der Waals surface area contributed by atoms with Crippen molar-refractivity contribution in [1.82, 2.24) is 19.2 Å². The van der Waals surface area contributed by atoms with E-state index in [0.29, 0.717) is 51.2 Å². The van der Waals surface area contributed by atoms with Gasteiger partial charge in [0.2, 0.25) is 15.9 Å². The van der Waals surface area contributed by atoms with Crippen LogP contribution in [0.3, 0.4) is 0 Å². The number of nitrogens with one attached hydrogen (secondary N) is 1. The lowest BCUT2D eigenvalue weighted by Gasteiger charge is -2.26. The lowest BCUT2D eigenvalue weighted by Crippen LogP contribution is -2.40. The van der Waals surface area contributed by atoms with Crippen LogP contribution in [-0.2, 0) is 39.6 Å². The van der Waals surface area contributed by atoms with Crippen molar-refractivity contribution in [1.29, 1.82) is 0 Å². The van der Waals surface area contributed by atoms with E-state index in [1.807, 2.05) is 28.4 Å². The van der Waals surface area contributed by atoms with Crippen molar-refractivity contribution in [2.24, 2.45) is 7.05 Å². The van der Waals surface area contributed by atoms with Crippen LogP contribution in [0.5, 0.6) is 0 Å². The molecule has 0 atom stereocenters. The zero-order chi connectivity index (χ0) is 21.1. The second-order valence-electron chi connectivity index (χ2n) is 7.16. The van der Waals surface area contributed by atoms with E-state index in [2.05, 4.69) is 10.3 Å². The zero-order valence-corrected chi connectivity index (χ0v) is 18.3. The van der Waals surface area contributed by atoms with Gasteiger partial charge < -0.3 is 14.6 Å². The summed E-state index contributed by atoms with van der Waals surface area (Å²) in [5.41, 5.74) is 2.54. The number of thiophene rings is 1. The fraction of sp³-hybridized carbons (Fsp3) is 0.400. The molecule has 1 N–H and O–H groups in total. The number of amides is 1. The first-order valence-electron chi connectivity index (χ1n) is 9.76. The van der Waals surface area contributed by atoms with E-state index in [-0.39, 0.29) is 10.8 Å². The van der Waals surface area contributed by atoms with E-state index in [4.69, 9.17) is 4.74 Å². The third-order valence-electron chi connectivity index (χ3n) is 5.20. The number of carbonyl (C=O) groups is 1. The lowest BCUT2D eigenvalue weighted by atomic mass is 10.2. The first kappa shape index (κ1) is 21.0. The molecular weight excluding hydrogens is 424 g/mol. The summed E-state index contributed by atoms with van der Waals surface area (Å²) >= 11 is 1.60. The molecule has 0 unspecified atom stereocenters. The summed E-state index contributed by atoms with van der Waals surface area (Å²) in [5.74, 6) is 0.709. The Hall–Kier alpha value is -2.27. The first-order chi connectivity index (χ1) is 14.4. The summed E-state index contributed by atoms with van der Waals surface area (Å²) in [6.07, 6.45) is 0.798. The normalized spacial score (nSPS) is 15.5. The Morgan fingerprint density at radius 1 is 1.27 bits per heavy atom. The van der Waals surface area contributed by atoms with E-state index in [0.717, 1.165) is 16.9 Å². The molecule has 0 radical (unpaired) electrons. The Kier molecular flexibility index (Phi) is 6.19. The van der Waals surface area contributed by atoms with Gasteiger partial charge in [-0.15, -0.1) is 0 Å². The van der Waals surface area contributed by atoms with Gasteiger partial charge in [0.1, 0.15) is 5.82 Å². The lowest BCUT2D eigenvalue weighted by molar-refractivity contribution is -0.121. The summed E-state index contributed by atoms with van der Waals surface area (Å²) in [4.78, 5) is 17.0. The average molecular weight is 449 g/mol. The molecule has 8 nitrogen and oxygen atoms in total. The fourth-order valence-electron chi connectivity index (χ4n) is 3.46. The minimum absolute atomic E-state index is 0.0381. The number of fused-ring (bicyclic) bond motifs is 1. The van der Waals surface area contributed by atoms with E-state index < -0.39 is 10.0 Å². The smallest absolute Gasteiger partial charge is 0.243 e. The highest BCUT2D eigenvalue weighted by molar-refractivity contribution is 7.89. The number of ether oxygens (including phenoxy) is 1. The molecule has 3 aromatic rings. The van der Waals surface area contributed by atoms with Crippen LogP contribution in [0.1, 0.15) is 17.8 Å². The summed E-state index contributed by atoms with van der Waals surface area (Å²) in [7, 11) is -1.69. The minimum atomic E-state index is -3.57. The number of morpholine rings is 1. The predicted molar refractivity (Wildman–Crippen MR) is 115 cm³/mol. The molecule has 10 heteroatoms. The second-order valence-corrected chi connectivity index (χ2v) is 9.88. The van der Waals surface area contributed by atoms with Crippen LogP contribution in [0.25, 0.3) is 11.0 Å². The van der Waals surface area contributed by atoms with Crippen LogP contribution in [-0.4, -0.2) is 54.5 Å². The third kappa shape index (κ3) is 4.41. The summed E-state index contributed by atoms with van der Waals surface area (Å²) < 4.78 is 34.4. The van der Waals surface area contributed by atoms with E-state index >= 15 is 0 Å². The fourth-order valence-corrected chi connectivity index (χ4v) is 5.55. The van der Waals surface area contributed by atoms with Crippen LogP contribution in [0.4, 0.5) is 0 Å². The summed E-state index contributed by atoms with van der Waals surface area (Å²) in [6, 6.07) is 6.99. The summed E-state index contributed by atoms with van der Waals surface area (Å²) in [5, 5.41) is 6.90. The van der Waals surface area contributed by atoms with E-state index in [1.165, 1.54) is 4.31 Å². The molecule has 1 aromatic carbocycles. The Balaban J connectivity index is 1.46. The number of hydrogen-bond acceptors (Lipinski definition) is 6. The maximum absolute atomic E-state index is 12.9. The average Bonchev–Trinajstić information content (AvgIpc) is 3.39. The number of carbonyl (C=O) groups excluding carboxylic acids is 1. The summed E-state index contributed by atoms with van der Waals surface area (Å²) in [6.45, 7) is 2.05. The van der Waals surface area contributed by atoms with E-state index in [9.17, 15) is 13.2 Å². The monoisotopic (exact) mass is 448 g/mol. The van der Waals surface area contributed by atoms with Gasteiger partial charge in [-0.05, 0) is 40.6 Å². The zero-order valence-electron chi connectivity index (χ0n) is 16.7. The quantitative estimate of drug-likeness (QED) is 0.596. The molecule has 0 bridgehead atoms. The Morgan fingerprint density at radius 3 is 2.80 bits per heavy atom. The van der Waals surface area contributed by atoms with Crippen molar-refractivity contribution >= 4 is 38.3 Å². The van der Waals surface area contributed by atoms with Gasteiger partial charge in [0.15, 0.2) is 0 Å². The van der Waals surface area contributed by atoms with Gasteiger partial charge >= 0.3 is 0 Å². The molecule has 1 fully saturated rings. The number of imidazole rings is 1. The van der Waals surface area contributed by atoms with Crippen LogP contribution in [0.15, 0.2) is 39.9 Å². The maximum Gasteiger partial charge on any atom is 0.243 e. The highest BCUT2D eigenvalue weighted by Gasteiger charge is 2.27. The number of hydrogen-bond donors (Lipinski definition) is 1. The molecule has 1 amide bonds. The van der Waals surface area contributed by atoms with Crippen LogP contribution >= 0.6 is 11.3 Å². The van der Waals surface area contributed by atoms with Crippen LogP contribution in [0, 0.1) is 0 Å². The topological polar surface area (TPSA) is 93.5 Å². The molecule has 1 saturated heterocycles. The van der Waals surface area contributed by atoms with Crippen LogP contribution < -0.4 is 5.32 Å². The highest BCUT2D eigenvalue weighted by atomic mass is 32.2. The largest absolute Gasteiger partial charge is 0.379 e. The molecule has 0 spiro atoms. The SMILES string of the molecule is Cn1c(CCC(=O)NCc2ccsc2)nc2cc(S(=O)(=O)N3CCOCC3)ccc21. The Labute approximate surface area is 179 Å². The number of benzene rings is 1. The van der Waals surface area contributed by atoms with Crippen molar-refractivity contribution in [2.75, 3.05) is 26.3 Å². The Morgan fingerprint density at radius 2 is 2.07 bits per heavy atom. The van der Waals surface area contributed by atoms with Crippen molar-refractivity contribution in [3.63, 3.8) is 0 Å². The molecular formula is C20H24N4O4S2. The van der Waals surface area contributed by atoms with Gasteiger partial charge in [0.05, 0.1) is 29.1 Å². The third-order valence-corrected chi connectivity index (χ3v) is 7.82. The minimum Gasteiger partial charge on any atom is -0.379 e. The van der Waals surface area contributed by atoms with Crippen LogP contribution in [0.2, 0.25) is 0 Å². The van der Waals surface area contributed by atoms with Crippen molar-refractivity contribution in [3.8, 4) is 0 Å². The Bertz CT molecular complexity index is 1130. The number of nitrogens with zero attached hydrogens (tertiary/aromatic N) is 3. The van der Waals surface area contributed by atoms with Gasteiger partial charge in [-0.3, -0.25) is 4.79 Å². The van der Waals surface area contributed by atoms with Gasteiger partial charge in [0.25, 0.3) is 0 Å². The van der Waals surface area contributed by atoms with Gasteiger partial charge in [0, 0.05) is 39.5 Å². The molecule has 3 heterocycles. The van der Waals surface area contributed by atoms with E-state index in [1.54, 1.807) is 29.5 Å². The molecule has 0 saturated carbocycles. The molecule has 1 aliphatic rings. The van der Waals surface area contributed by atoms with Crippen molar-refractivity contribution in [2.45, 2.75) is 24.3 Å². The molecule has 160 valence electrons. The van der Waals surface area contributed by atoms with Gasteiger partial charge in [-0.25, -0.2) is 13.4 Å².